The second-order valence-corrected chi connectivity index (χ2v) is 4.21. The lowest BCUT2D eigenvalue weighted by molar-refractivity contribution is -0.137. The topological polar surface area (TPSA) is 23.8 Å². The lowest BCUT2D eigenvalue weighted by atomic mass is 9.95. The van der Waals surface area contributed by atoms with E-state index in [1.165, 1.54) is 24.3 Å². The van der Waals surface area contributed by atoms with Gasteiger partial charge in [-0.25, -0.2) is 4.39 Å². The zero-order valence-electron chi connectivity index (χ0n) is 10.2. The van der Waals surface area contributed by atoms with E-state index < -0.39 is 17.6 Å². The van der Waals surface area contributed by atoms with Crippen molar-refractivity contribution < 1.29 is 17.6 Å². The van der Waals surface area contributed by atoms with Gasteiger partial charge in [0.05, 0.1) is 18.1 Å². The van der Waals surface area contributed by atoms with Gasteiger partial charge in [0.15, 0.2) is 0 Å². The first-order valence-electron chi connectivity index (χ1n) is 5.75. The third-order valence-electron chi connectivity index (χ3n) is 2.84. The minimum atomic E-state index is -4.47. The van der Waals surface area contributed by atoms with E-state index >= 15 is 0 Å². The summed E-state index contributed by atoms with van der Waals surface area (Å²) in [5.41, 5.74) is 0.291. The van der Waals surface area contributed by atoms with Crippen LogP contribution in [-0.2, 0) is 12.6 Å². The fourth-order valence-electron chi connectivity index (χ4n) is 1.94. The molecule has 0 aliphatic carbocycles. The lowest BCUT2D eigenvalue weighted by Crippen LogP contribution is -2.06. The SMILES string of the molecule is N#CCc1cc(C(F)(F)F)ccc1-c1cccc(F)c1. The summed E-state index contributed by atoms with van der Waals surface area (Å²) in [6.07, 6.45) is -4.64. The van der Waals surface area contributed by atoms with Crippen LogP contribution in [-0.4, -0.2) is 0 Å². The Morgan fingerprint density at radius 2 is 1.80 bits per heavy atom. The van der Waals surface area contributed by atoms with Crippen LogP contribution in [0, 0.1) is 17.1 Å². The highest BCUT2D eigenvalue weighted by Gasteiger charge is 2.31. The van der Waals surface area contributed by atoms with Gasteiger partial charge in [0.1, 0.15) is 5.82 Å². The summed E-state index contributed by atoms with van der Waals surface area (Å²) in [4.78, 5) is 0. The molecule has 0 aliphatic rings. The van der Waals surface area contributed by atoms with Crippen LogP contribution >= 0.6 is 0 Å². The predicted molar refractivity (Wildman–Crippen MR) is 66.2 cm³/mol. The number of rotatable bonds is 2. The largest absolute Gasteiger partial charge is 0.416 e. The smallest absolute Gasteiger partial charge is 0.207 e. The molecule has 2 rings (SSSR count). The molecule has 2 aromatic carbocycles. The number of halogens is 4. The fraction of sp³-hybridized carbons (Fsp3) is 0.133. The molecule has 0 N–H and O–H groups in total. The zero-order chi connectivity index (χ0) is 14.8. The summed E-state index contributed by atoms with van der Waals surface area (Å²) in [6.45, 7) is 0. The van der Waals surface area contributed by atoms with Crippen molar-refractivity contribution in [3.8, 4) is 17.2 Å². The summed E-state index contributed by atoms with van der Waals surface area (Å²) in [5.74, 6) is -0.481. The van der Waals surface area contributed by atoms with Crippen LogP contribution in [0.3, 0.4) is 0 Å². The van der Waals surface area contributed by atoms with E-state index in [1.807, 2.05) is 6.07 Å². The average molecular weight is 279 g/mol. The van der Waals surface area contributed by atoms with Gasteiger partial charge in [-0.05, 0) is 41.0 Å². The quantitative estimate of drug-likeness (QED) is 0.738. The Labute approximate surface area is 113 Å². The molecular weight excluding hydrogens is 270 g/mol. The summed E-state index contributed by atoms with van der Waals surface area (Å²) >= 11 is 0. The monoisotopic (exact) mass is 279 g/mol. The average Bonchev–Trinajstić information content (AvgIpc) is 2.38. The molecule has 0 fully saturated rings. The van der Waals surface area contributed by atoms with Gasteiger partial charge >= 0.3 is 6.18 Å². The minimum absolute atomic E-state index is 0.171. The maximum Gasteiger partial charge on any atom is 0.416 e. The Morgan fingerprint density at radius 1 is 1.05 bits per heavy atom. The first-order valence-corrected chi connectivity index (χ1v) is 5.75. The highest BCUT2D eigenvalue weighted by Crippen LogP contribution is 2.33. The van der Waals surface area contributed by atoms with Gasteiger partial charge < -0.3 is 0 Å². The van der Waals surface area contributed by atoms with Crippen molar-refractivity contribution in [3.63, 3.8) is 0 Å². The van der Waals surface area contributed by atoms with Gasteiger partial charge in [0.2, 0.25) is 0 Å². The summed E-state index contributed by atoms with van der Waals surface area (Å²) in [5, 5.41) is 8.73. The number of hydrogen-bond donors (Lipinski definition) is 0. The van der Waals surface area contributed by atoms with Crippen LogP contribution in [0.4, 0.5) is 17.6 Å². The maximum absolute atomic E-state index is 13.2. The third-order valence-corrected chi connectivity index (χ3v) is 2.84. The van der Waals surface area contributed by atoms with Crippen LogP contribution in [0.2, 0.25) is 0 Å². The van der Waals surface area contributed by atoms with Gasteiger partial charge in [0.25, 0.3) is 0 Å². The Bertz CT molecular complexity index is 668. The van der Waals surface area contributed by atoms with Gasteiger partial charge in [-0.15, -0.1) is 0 Å². The number of hydrogen-bond acceptors (Lipinski definition) is 1. The Balaban J connectivity index is 2.56. The second-order valence-electron chi connectivity index (χ2n) is 4.21. The standard InChI is InChI=1S/C15H9F4N/c16-13-3-1-2-10(9-13)14-5-4-12(15(17,18)19)8-11(14)6-7-20/h1-5,8-9H,6H2. The zero-order valence-corrected chi connectivity index (χ0v) is 10.2. The van der Waals surface area contributed by atoms with Gasteiger partial charge in [-0.2, -0.15) is 18.4 Å². The molecule has 0 atom stereocenters. The van der Waals surface area contributed by atoms with Crippen molar-refractivity contribution in [1.82, 2.24) is 0 Å². The Kier molecular flexibility index (Phi) is 3.75. The summed E-state index contributed by atoms with van der Waals surface area (Å²) in [7, 11) is 0. The predicted octanol–water partition coefficient (Wildman–Crippen LogP) is 4.58. The molecule has 0 spiro atoms. The first kappa shape index (κ1) is 14.1. The van der Waals surface area contributed by atoms with Crippen molar-refractivity contribution >= 4 is 0 Å². The molecule has 1 nitrogen and oxygen atoms in total. The van der Waals surface area contributed by atoms with Crippen molar-refractivity contribution in [2.45, 2.75) is 12.6 Å². The third kappa shape index (κ3) is 2.97. The molecule has 0 unspecified atom stereocenters. The van der Waals surface area contributed by atoms with Crippen molar-refractivity contribution in [2.24, 2.45) is 0 Å². The van der Waals surface area contributed by atoms with E-state index in [2.05, 4.69) is 0 Å². The first-order chi connectivity index (χ1) is 9.41. The van der Waals surface area contributed by atoms with Gasteiger partial charge in [0, 0.05) is 0 Å². The molecule has 0 saturated carbocycles. The minimum Gasteiger partial charge on any atom is -0.207 e. The van der Waals surface area contributed by atoms with E-state index in [1.54, 1.807) is 6.07 Å². The molecule has 20 heavy (non-hydrogen) atoms. The normalized spacial score (nSPS) is 11.2. The molecule has 0 heterocycles. The Morgan fingerprint density at radius 3 is 2.40 bits per heavy atom. The molecule has 0 bridgehead atoms. The van der Waals surface area contributed by atoms with Crippen LogP contribution in [0.1, 0.15) is 11.1 Å². The second kappa shape index (κ2) is 5.33. The van der Waals surface area contributed by atoms with E-state index in [0.717, 1.165) is 12.1 Å². The molecule has 5 heteroatoms. The number of nitrogens with zero attached hydrogens (tertiary/aromatic N) is 1. The molecule has 0 saturated heterocycles. The molecule has 0 aromatic heterocycles. The molecule has 102 valence electrons. The van der Waals surface area contributed by atoms with Crippen molar-refractivity contribution in [3.05, 3.63) is 59.4 Å². The van der Waals surface area contributed by atoms with Crippen molar-refractivity contribution in [1.29, 1.82) is 5.26 Å². The number of benzene rings is 2. The highest BCUT2D eigenvalue weighted by molar-refractivity contribution is 5.68. The molecular formula is C15H9F4N. The number of nitriles is 1. The lowest BCUT2D eigenvalue weighted by Gasteiger charge is -2.12. The number of alkyl halides is 3. The van der Waals surface area contributed by atoms with Gasteiger partial charge in [-0.3, -0.25) is 0 Å². The van der Waals surface area contributed by atoms with Crippen LogP contribution in [0.25, 0.3) is 11.1 Å². The van der Waals surface area contributed by atoms with E-state index in [0.29, 0.717) is 11.1 Å². The molecule has 0 amide bonds. The highest BCUT2D eigenvalue weighted by atomic mass is 19.4. The van der Waals surface area contributed by atoms with E-state index in [-0.39, 0.29) is 12.0 Å². The van der Waals surface area contributed by atoms with Gasteiger partial charge in [-0.1, -0.05) is 18.2 Å². The molecule has 0 aliphatic heterocycles. The summed E-state index contributed by atoms with van der Waals surface area (Å²) in [6, 6.07) is 10.5. The Hall–Kier alpha value is -2.35. The van der Waals surface area contributed by atoms with Crippen LogP contribution < -0.4 is 0 Å². The van der Waals surface area contributed by atoms with Crippen molar-refractivity contribution in [2.75, 3.05) is 0 Å². The van der Waals surface area contributed by atoms with Crippen LogP contribution in [0.15, 0.2) is 42.5 Å². The van der Waals surface area contributed by atoms with Crippen LogP contribution in [0.5, 0.6) is 0 Å². The van der Waals surface area contributed by atoms with E-state index in [4.69, 9.17) is 5.26 Å². The van der Waals surface area contributed by atoms with E-state index in [9.17, 15) is 17.6 Å². The summed E-state index contributed by atoms with van der Waals surface area (Å²) < 4.78 is 51.2. The maximum atomic E-state index is 13.2. The fourth-order valence-corrected chi connectivity index (χ4v) is 1.94. The molecule has 2 aromatic rings. The molecule has 0 radical (unpaired) electrons.